The van der Waals surface area contributed by atoms with Gasteiger partial charge in [-0.1, -0.05) is 216 Å². The summed E-state index contributed by atoms with van der Waals surface area (Å²) in [4.78, 5) is 12.4. The Morgan fingerprint density at radius 3 is 0.610 bits per heavy atom. The number of hydrogen-bond acceptors (Lipinski definition) is 6. The van der Waals surface area contributed by atoms with E-state index in [1.807, 2.05) is 45.3 Å². The molecule has 20 rings (SSSR count). The average Bonchev–Trinajstić information content (AvgIpc) is 2.88. The third kappa shape index (κ3) is 7.28. The highest BCUT2D eigenvalue weighted by Crippen LogP contribution is 2.57. The molecule has 0 aliphatic carbocycles. The average molecular weight is 1120 g/mol. The standard InChI is InChI=1S/C76H48N2S4/c1-41-21-29-45(30-22-41)65-61-37-57-58(79-61)38-62(80-57)67(47-33-25-43(3)26-34-47)75-71-55-19-11-7-15-51(55)52-16-8-12-20-56(52)72(71)76(78-75)68(48-35-27-44(4)28-36-48)64-40-60-59(82-64)39-63(81-60)66(46-31-23-42(2)24-32-46)74-70-54-18-10-6-14-50(54)49-13-5-9-17-53(49)69(70)73(65)77-74/h5-40H,1-4H3. The van der Waals surface area contributed by atoms with Gasteiger partial charge < -0.3 is 0 Å². The maximum atomic E-state index is 6.18. The lowest BCUT2D eigenvalue weighted by molar-refractivity contribution is 1.41. The van der Waals surface area contributed by atoms with Gasteiger partial charge in [-0.05, 0) is 117 Å². The van der Waals surface area contributed by atoms with Crippen LogP contribution in [0.5, 0.6) is 0 Å². The number of aryl methyl sites for hydroxylation is 4. The molecule has 10 heterocycles. The SMILES string of the molecule is Cc1ccc(-c2c3nc(c(-c4ccc(C)cc4)c4cc5sc(cc5s4)c(-c4ccc(C)cc4)c4nc(c(-c5ccc(C)cc5)c5cc6sc2cc6s5)-c2c-4c4ccccc4c4ccccc24)-c2c-3c3ccccc3c3ccccc23)cc1. The van der Waals surface area contributed by atoms with Gasteiger partial charge in [-0.3, -0.25) is 0 Å². The van der Waals surface area contributed by atoms with Crippen molar-refractivity contribution in [1.29, 1.82) is 0 Å². The van der Waals surface area contributed by atoms with E-state index in [9.17, 15) is 0 Å². The van der Waals surface area contributed by atoms with E-state index in [2.05, 4.69) is 246 Å². The first-order valence-electron chi connectivity index (χ1n) is 27.9. The first-order valence-corrected chi connectivity index (χ1v) is 31.2. The number of fused-ring (bicyclic) bond motifs is 12. The van der Waals surface area contributed by atoms with Gasteiger partial charge in [-0.15, -0.1) is 45.3 Å². The van der Waals surface area contributed by atoms with E-state index < -0.39 is 0 Å². The summed E-state index contributed by atoms with van der Waals surface area (Å²) in [5, 5.41) is 9.75. The Bertz CT molecular complexity index is 4670. The van der Waals surface area contributed by atoms with Crippen molar-refractivity contribution in [2.45, 2.75) is 27.7 Å². The van der Waals surface area contributed by atoms with E-state index >= 15 is 0 Å². The molecule has 386 valence electrons. The quantitative estimate of drug-likeness (QED) is 0.164. The first-order chi connectivity index (χ1) is 40.3. The summed E-state index contributed by atoms with van der Waals surface area (Å²) in [5.41, 5.74) is 22.9. The molecule has 2 aliphatic heterocycles. The highest BCUT2D eigenvalue weighted by Gasteiger charge is 2.32. The Kier molecular flexibility index (Phi) is 10.7. The number of rotatable bonds is 4. The second-order valence-corrected chi connectivity index (χ2v) is 26.5. The van der Waals surface area contributed by atoms with Crippen LogP contribution in [0.2, 0.25) is 0 Å². The van der Waals surface area contributed by atoms with Crippen molar-refractivity contribution in [3.05, 3.63) is 241 Å². The molecule has 18 aromatic rings. The van der Waals surface area contributed by atoms with Crippen LogP contribution in [0.1, 0.15) is 22.3 Å². The molecular formula is C76H48N2S4. The van der Waals surface area contributed by atoms with Gasteiger partial charge in [0.1, 0.15) is 0 Å². The molecule has 0 radical (unpaired) electrons. The second kappa shape index (κ2) is 18.3. The van der Waals surface area contributed by atoms with E-state index in [4.69, 9.17) is 9.97 Å². The molecule has 2 nitrogen and oxygen atoms in total. The van der Waals surface area contributed by atoms with Crippen molar-refractivity contribution in [2.75, 3.05) is 0 Å². The fraction of sp³-hybridized carbons (Fsp3) is 0.0526. The molecule has 82 heavy (non-hydrogen) atoms. The van der Waals surface area contributed by atoms with Gasteiger partial charge in [0, 0.05) is 82.1 Å². The van der Waals surface area contributed by atoms with Crippen LogP contribution >= 0.6 is 45.3 Å². The predicted octanol–water partition coefficient (Wildman–Crippen LogP) is 23.4. The third-order valence-corrected chi connectivity index (χ3v) is 21.6. The van der Waals surface area contributed by atoms with Gasteiger partial charge in [-0.2, -0.15) is 0 Å². The van der Waals surface area contributed by atoms with Crippen LogP contribution in [0.3, 0.4) is 0 Å². The van der Waals surface area contributed by atoms with Crippen LogP contribution in [0.4, 0.5) is 0 Å². The molecule has 0 spiro atoms. The van der Waals surface area contributed by atoms with Gasteiger partial charge in [-0.25, -0.2) is 9.97 Å². The maximum Gasteiger partial charge on any atom is 0.0815 e. The molecule has 0 unspecified atom stereocenters. The summed E-state index contributed by atoms with van der Waals surface area (Å²) < 4.78 is 9.74. The zero-order chi connectivity index (χ0) is 54.5. The minimum Gasteiger partial charge on any atom is -0.246 e. The first kappa shape index (κ1) is 47.9. The number of aromatic nitrogens is 2. The number of hydrogen-bond donors (Lipinski definition) is 0. The van der Waals surface area contributed by atoms with Crippen molar-refractivity contribution >= 4 is 126 Å². The Morgan fingerprint density at radius 1 is 0.207 bits per heavy atom. The monoisotopic (exact) mass is 1120 g/mol. The zero-order valence-electron chi connectivity index (χ0n) is 45.3. The van der Waals surface area contributed by atoms with Crippen LogP contribution in [0, 0.1) is 27.7 Å². The van der Waals surface area contributed by atoms with Gasteiger partial charge in [0.2, 0.25) is 0 Å². The fourth-order valence-electron chi connectivity index (χ4n) is 13.1. The minimum atomic E-state index is 1.01. The molecule has 6 heteroatoms. The van der Waals surface area contributed by atoms with Crippen LogP contribution < -0.4 is 0 Å². The van der Waals surface area contributed by atoms with Crippen LogP contribution in [-0.4, -0.2) is 9.97 Å². The molecule has 10 aromatic carbocycles. The molecular weight excluding hydrogens is 1070 g/mol. The van der Waals surface area contributed by atoms with Crippen molar-refractivity contribution < 1.29 is 0 Å². The summed E-state index contributed by atoms with van der Waals surface area (Å²) in [6, 6.07) is 82.4. The molecule has 12 bridgehead atoms. The van der Waals surface area contributed by atoms with Crippen LogP contribution in [0.25, 0.3) is 170 Å². The molecule has 0 atom stereocenters. The minimum absolute atomic E-state index is 1.01. The van der Waals surface area contributed by atoms with Gasteiger partial charge in [0.15, 0.2) is 0 Å². The van der Waals surface area contributed by atoms with Crippen molar-refractivity contribution in [2.24, 2.45) is 0 Å². The van der Waals surface area contributed by atoms with Gasteiger partial charge >= 0.3 is 0 Å². The summed E-state index contributed by atoms with van der Waals surface area (Å²) >= 11 is 7.51. The van der Waals surface area contributed by atoms with E-state index in [1.54, 1.807) is 0 Å². The number of nitrogens with zero attached hydrogens (tertiary/aromatic N) is 2. The molecule has 0 fully saturated rings. The van der Waals surface area contributed by atoms with Crippen LogP contribution in [0.15, 0.2) is 218 Å². The lowest BCUT2D eigenvalue weighted by atomic mass is 9.87. The molecule has 0 saturated heterocycles. The molecule has 0 N–H and O–H groups in total. The molecule has 2 aliphatic rings. The normalized spacial score (nSPS) is 12.1. The van der Waals surface area contributed by atoms with E-state index in [0.717, 1.165) is 67.3 Å². The summed E-state index contributed by atoms with van der Waals surface area (Å²) in [6.45, 7) is 8.72. The summed E-state index contributed by atoms with van der Waals surface area (Å²) in [6.07, 6.45) is 0. The summed E-state index contributed by atoms with van der Waals surface area (Å²) in [7, 11) is 0. The third-order valence-electron chi connectivity index (χ3n) is 17.0. The van der Waals surface area contributed by atoms with E-state index in [0.29, 0.717) is 0 Å². The number of benzene rings is 10. The topological polar surface area (TPSA) is 25.8 Å². The lowest BCUT2D eigenvalue weighted by Gasteiger charge is -2.15. The Labute approximate surface area is 490 Å². The smallest absolute Gasteiger partial charge is 0.0815 e. The molecule has 0 amide bonds. The van der Waals surface area contributed by atoms with Gasteiger partial charge in [0.25, 0.3) is 0 Å². The Balaban J connectivity index is 1.13. The fourth-order valence-corrected chi connectivity index (χ4v) is 18.1. The van der Waals surface area contributed by atoms with Crippen molar-refractivity contribution in [3.8, 4) is 89.5 Å². The lowest BCUT2D eigenvalue weighted by Crippen LogP contribution is -1.89. The highest BCUT2D eigenvalue weighted by atomic mass is 32.1. The largest absolute Gasteiger partial charge is 0.246 e. The maximum absolute atomic E-state index is 6.18. The zero-order valence-corrected chi connectivity index (χ0v) is 48.6. The Hall–Kier alpha value is -8.88. The highest BCUT2D eigenvalue weighted by molar-refractivity contribution is 7.34. The van der Waals surface area contributed by atoms with Gasteiger partial charge in [0.05, 0.1) is 22.8 Å². The molecule has 8 aromatic heterocycles. The van der Waals surface area contributed by atoms with E-state index in [-0.39, 0.29) is 0 Å². The van der Waals surface area contributed by atoms with Crippen LogP contribution in [-0.2, 0) is 0 Å². The predicted molar refractivity (Wildman–Crippen MR) is 358 cm³/mol. The Morgan fingerprint density at radius 2 is 0.402 bits per heavy atom. The number of thiophene rings is 4. The summed E-state index contributed by atoms with van der Waals surface area (Å²) in [5.74, 6) is 0. The molecule has 0 saturated carbocycles. The van der Waals surface area contributed by atoms with Crippen molar-refractivity contribution in [3.63, 3.8) is 0 Å². The second-order valence-electron chi connectivity index (χ2n) is 22.2. The van der Waals surface area contributed by atoms with Crippen molar-refractivity contribution in [1.82, 2.24) is 9.97 Å². The van der Waals surface area contributed by atoms with E-state index in [1.165, 1.54) is 125 Å².